The molecule has 0 aliphatic carbocycles. The van der Waals surface area contributed by atoms with E-state index in [1.165, 1.54) is 25.6 Å². The van der Waals surface area contributed by atoms with E-state index in [0.29, 0.717) is 46.9 Å². The normalized spacial score (nSPS) is 16.0. The van der Waals surface area contributed by atoms with Crippen LogP contribution in [0.4, 0.5) is 23.1 Å². The summed E-state index contributed by atoms with van der Waals surface area (Å²) in [5, 5.41) is 14.7. The van der Waals surface area contributed by atoms with Gasteiger partial charge in [0.1, 0.15) is 6.33 Å². The number of hydrogen-bond donors (Lipinski definition) is 3. The van der Waals surface area contributed by atoms with Crippen molar-refractivity contribution in [3.63, 3.8) is 0 Å². The third-order valence-corrected chi connectivity index (χ3v) is 6.62. The topological polar surface area (TPSA) is 139 Å². The summed E-state index contributed by atoms with van der Waals surface area (Å²) in [5.74, 6) is 0.844. The number of nitrogens with one attached hydrogen (secondary N) is 3. The van der Waals surface area contributed by atoms with E-state index < -0.39 is 0 Å². The molecule has 0 radical (unpaired) electrons. The van der Waals surface area contributed by atoms with E-state index in [1.54, 1.807) is 35.5 Å². The van der Waals surface area contributed by atoms with Crippen LogP contribution in [-0.2, 0) is 7.05 Å². The van der Waals surface area contributed by atoms with Crippen LogP contribution in [0.5, 0.6) is 0 Å². The van der Waals surface area contributed by atoms with Gasteiger partial charge in [0.05, 0.1) is 40.4 Å². The lowest BCUT2D eigenvalue weighted by atomic mass is 10.0. The van der Waals surface area contributed by atoms with E-state index in [-0.39, 0.29) is 5.91 Å². The van der Waals surface area contributed by atoms with E-state index in [1.807, 2.05) is 14.0 Å². The summed E-state index contributed by atoms with van der Waals surface area (Å²) in [6.45, 7) is 6.69. The van der Waals surface area contributed by atoms with Gasteiger partial charge in [0.15, 0.2) is 11.5 Å². The fourth-order valence-corrected chi connectivity index (χ4v) is 4.50. The van der Waals surface area contributed by atoms with Gasteiger partial charge in [-0.1, -0.05) is 6.42 Å². The number of pyridine rings is 1. The monoisotopic (exact) mass is 501 g/mol. The highest BCUT2D eigenvalue weighted by Gasteiger charge is 2.18. The van der Waals surface area contributed by atoms with Crippen molar-refractivity contribution in [2.75, 3.05) is 30.3 Å². The van der Waals surface area contributed by atoms with Gasteiger partial charge in [-0.2, -0.15) is 10.1 Å². The van der Waals surface area contributed by atoms with Gasteiger partial charge in [-0.3, -0.25) is 14.7 Å². The number of aryl methyl sites for hydroxylation is 2. The second kappa shape index (κ2) is 10.8. The van der Waals surface area contributed by atoms with Crippen molar-refractivity contribution in [2.24, 2.45) is 7.05 Å². The summed E-state index contributed by atoms with van der Waals surface area (Å²) in [6.07, 6.45) is 11.8. The van der Waals surface area contributed by atoms with Gasteiger partial charge in [-0.15, -0.1) is 0 Å². The predicted molar refractivity (Wildman–Crippen MR) is 141 cm³/mol. The number of nitrogens with zero attached hydrogens (tertiary/aromatic N) is 8. The molecule has 5 rings (SSSR count). The number of carbonyl (C=O) groups is 1. The van der Waals surface area contributed by atoms with Gasteiger partial charge in [-0.05, 0) is 39.3 Å². The van der Waals surface area contributed by atoms with E-state index >= 15 is 0 Å². The highest BCUT2D eigenvalue weighted by atomic mass is 16.1. The number of anilines is 4. The Morgan fingerprint density at radius 3 is 2.76 bits per heavy atom. The van der Waals surface area contributed by atoms with Gasteiger partial charge in [0, 0.05) is 38.6 Å². The highest BCUT2D eigenvalue weighted by molar-refractivity contribution is 5.96. The molecule has 0 unspecified atom stereocenters. The second-order valence-corrected chi connectivity index (χ2v) is 9.27. The first-order valence-electron chi connectivity index (χ1n) is 12.5. The molecule has 1 saturated heterocycles. The lowest BCUT2D eigenvalue weighted by Gasteiger charge is -2.33. The van der Waals surface area contributed by atoms with Crippen molar-refractivity contribution in [1.29, 1.82) is 0 Å². The maximum absolute atomic E-state index is 12.8. The Labute approximate surface area is 215 Å². The van der Waals surface area contributed by atoms with Crippen LogP contribution >= 0.6 is 0 Å². The van der Waals surface area contributed by atoms with Crippen LogP contribution in [0.3, 0.4) is 0 Å². The first-order chi connectivity index (χ1) is 18.0. The van der Waals surface area contributed by atoms with Crippen LogP contribution < -0.4 is 16.0 Å². The standard InChI is InChI=1S/C25H31N11O/c1-16-6-4-5-8-36(16)9-7-28-24(37)18-10-21(17(2)29-11-18)32-22-20-14-30-25(33-23(20)35(3)34-22)31-19-12-26-15-27-13-19/h10-16H,4-9H2,1-3H3,(H,28,37)(H,32,34)(H,30,31,33)/t16-/m1/s1. The molecule has 1 aliphatic rings. The molecule has 1 fully saturated rings. The lowest BCUT2D eigenvalue weighted by Crippen LogP contribution is -2.42. The Hall–Kier alpha value is -4.19. The summed E-state index contributed by atoms with van der Waals surface area (Å²) in [7, 11) is 1.81. The van der Waals surface area contributed by atoms with Gasteiger partial charge in [-0.25, -0.2) is 19.6 Å². The maximum atomic E-state index is 12.8. The Morgan fingerprint density at radius 2 is 1.95 bits per heavy atom. The number of fused-ring (bicyclic) bond motifs is 1. The molecule has 12 heteroatoms. The molecule has 0 spiro atoms. The Morgan fingerprint density at radius 1 is 1.11 bits per heavy atom. The van der Waals surface area contributed by atoms with Crippen molar-refractivity contribution < 1.29 is 4.79 Å². The third-order valence-electron chi connectivity index (χ3n) is 6.62. The fourth-order valence-electron chi connectivity index (χ4n) is 4.50. The summed E-state index contributed by atoms with van der Waals surface area (Å²) in [5.41, 5.74) is 3.27. The Balaban J connectivity index is 1.28. The van der Waals surface area contributed by atoms with E-state index in [4.69, 9.17) is 0 Å². The summed E-state index contributed by atoms with van der Waals surface area (Å²) in [4.78, 5) is 36.7. The largest absolute Gasteiger partial charge is 0.351 e. The molecule has 5 heterocycles. The molecule has 1 amide bonds. The fraction of sp³-hybridized carbons (Fsp3) is 0.400. The third kappa shape index (κ3) is 5.64. The molecule has 3 N–H and O–H groups in total. The molecule has 12 nitrogen and oxygen atoms in total. The molecule has 192 valence electrons. The zero-order valence-electron chi connectivity index (χ0n) is 21.3. The number of carbonyl (C=O) groups excluding carboxylic acids is 1. The molecule has 1 atom stereocenters. The smallest absolute Gasteiger partial charge is 0.252 e. The molecule has 0 aromatic carbocycles. The van der Waals surface area contributed by atoms with Gasteiger partial charge in [0.2, 0.25) is 5.95 Å². The minimum absolute atomic E-state index is 0.143. The Kier molecular flexibility index (Phi) is 7.17. The van der Waals surface area contributed by atoms with Crippen molar-refractivity contribution >= 4 is 40.1 Å². The number of aromatic nitrogens is 7. The van der Waals surface area contributed by atoms with Crippen LogP contribution in [0.25, 0.3) is 11.0 Å². The minimum atomic E-state index is -0.143. The summed E-state index contributed by atoms with van der Waals surface area (Å²) in [6, 6.07) is 2.37. The van der Waals surface area contributed by atoms with Crippen molar-refractivity contribution in [1.82, 2.24) is 44.9 Å². The van der Waals surface area contributed by atoms with Crippen LogP contribution in [0.2, 0.25) is 0 Å². The van der Waals surface area contributed by atoms with Crippen LogP contribution in [0.1, 0.15) is 42.2 Å². The first kappa shape index (κ1) is 24.5. The minimum Gasteiger partial charge on any atom is -0.351 e. The van der Waals surface area contributed by atoms with Crippen LogP contribution in [0, 0.1) is 6.92 Å². The molecule has 37 heavy (non-hydrogen) atoms. The Bertz CT molecular complexity index is 1390. The molecule has 4 aromatic rings. The molecule has 0 saturated carbocycles. The maximum Gasteiger partial charge on any atom is 0.252 e. The predicted octanol–water partition coefficient (Wildman–Crippen LogP) is 2.95. The van der Waals surface area contributed by atoms with Gasteiger partial charge in [0.25, 0.3) is 5.91 Å². The van der Waals surface area contributed by atoms with Crippen molar-refractivity contribution in [3.05, 3.63) is 48.4 Å². The number of likely N-dealkylation sites (tertiary alicyclic amines) is 1. The average Bonchev–Trinajstić information content (AvgIpc) is 3.21. The molecular formula is C25H31N11O. The van der Waals surface area contributed by atoms with E-state index in [9.17, 15) is 4.79 Å². The van der Waals surface area contributed by atoms with Crippen LogP contribution in [-0.4, -0.2) is 71.2 Å². The second-order valence-electron chi connectivity index (χ2n) is 9.27. The van der Waals surface area contributed by atoms with Gasteiger partial charge < -0.3 is 16.0 Å². The lowest BCUT2D eigenvalue weighted by molar-refractivity contribution is 0.0938. The molecule has 4 aromatic heterocycles. The summed E-state index contributed by atoms with van der Waals surface area (Å²) >= 11 is 0. The highest BCUT2D eigenvalue weighted by Crippen LogP contribution is 2.26. The number of piperidine rings is 1. The average molecular weight is 502 g/mol. The van der Waals surface area contributed by atoms with E-state index in [0.717, 1.165) is 24.2 Å². The number of hydrogen-bond acceptors (Lipinski definition) is 10. The van der Waals surface area contributed by atoms with Crippen molar-refractivity contribution in [2.45, 2.75) is 39.2 Å². The summed E-state index contributed by atoms with van der Waals surface area (Å²) < 4.78 is 1.67. The van der Waals surface area contributed by atoms with Crippen molar-refractivity contribution in [3.8, 4) is 0 Å². The zero-order valence-corrected chi connectivity index (χ0v) is 21.3. The quantitative estimate of drug-likeness (QED) is 0.330. The number of rotatable bonds is 8. The number of amides is 1. The molecule has 0 bridgehead atoms. The molecule has 1 aliphatic heterocycles. The SMILES string of the molecule is Cc1ncc(C(=O)NCCN2CCCC[C@H]2C)cc1Nc1nn(C)c2nc(Nc3cncnc3)ncc12. The van der Waals surface area contributed by atoms with Crippen LogP contribution in [0.15, 0.2) is 37.2 Å². The molecular weight excluding hydrogens is 470 g/mol. The zero-order chi connectivity index (χ0) is 25.8. The van der Waals surface area contributed by atoms with E-state index in [2.05, 4.69) is 57.8 Å². The van der Waals surface area contributed by atoms with Gasteiger partial charge >= 0.3 is 0 Å². The first-order valence-corrected chi connectivity index (χ1v) is 12.5.